The lowest BCUT2D eigenvalue weighted by Crippen LogP contribution is -2.39. The molecule has 18 heavy (non-hydrogen) atoms. The fourth-order valence-corrected chi connectivity index (χ4v) is 2.28. The summed E-state index contributed by atoms with van der Waals surface area (Å²) in [5.74, 6) is 0.877. The van der Waals surface area contributed by atoms with E-state index in [0.717, 1.165) is 19.0 Å². The molecule has 2 atom stereocenters. The van der Waals surface area contributed by atoms with Crippen molar-refractivity contribution in [1.82, 2.24) is 10.2 Å². The van der Waals surface area contributed by atoms with Gasteiger partial charge in [-0.25, -0.2) is 0 Å². The fourth-order valence-electron chi connectivity index (χ4n) is 2.28. The van der Waals surface area contributed by atoms with Crippen molar-refractivity contribution in [3.63, 3.8) is 0 Å². The van der Waals surface area contributed by atoms with Crippen LogP contribution in [0, 0.1) is 5.92 Å². The highest BCUT2D eigenvalue weighted by Crippen LogP contribution is 2.30. The Morgan fingerprint density at radius 2 is 2.11 bits per heavy atom. The van der Waals surface area contributed by atoms with Gasteiger partial charge in [0.2, 0.25) is 0 Å². The number of nitrogens with two attached hydrogens (primary N) is 1. The standard InChI is InChI=1S/C11H15F3N4/c1-7-4-5-18(8(7)6-15)10-3-2-9(16-17-10)11(12,13)14/h2-3,7-8H,4-6,15H2,1H3. The molecule has 100 valence electrons. The largest absolute Gasteiger partial charge is 0.435 e. The van der Waals surface area contributed by atoms with E-state index in [4.69, 9.17) is 5.73 Å². The Morgan fingerprint density at radius 1 is 1.39 bits per heavy atom. The molecular weight excluding hydrogens is 245 g/mol. The van der Waals surface area contributed by atoms with E-state index >= 15 is 0 Å². The first kappa shape index (κ1) is 13.1. The van der Waals surface area contributed by atoms with Crippen LogP contribution in [0.4, 0.5) is 19.0 Å². The molecule has 2 N–H and O–H groups in total. The molecule has 0 bridgehead atoms. The Balaban J connectivity index is 2.20. The maximum Gasteiger partial charge on any atom is 0.435 e. The van der Waals surface area contributed by atoms with Crippen molar-refractivity contribution in [1.29, 1.82) is 0 Å². The second kappa shape index (κ2) is 4.72. The summed E-state index contributed by atoms with van der Waals surface area (Å²) in [5, 5.41) is 6.89. The third-order valence-electron chi connectivity index (χ3n) is 3.36. The van der Waals surface area contributed by atoms with Gasteiger partial charge in [0.1, 0.15) is 0 Å². The zero-order valence-electron chi connectivity index (χ0n) is 9.98. The number of anilines is 1. The van der Waals surface area contributed by atoms with E-state index in [-0.39, 0.29) is 6.04 Å². The van der Waals surface area contributed by atoms with Crippen LogP contribution in [-0.2, 0) is 6.18 Å². The maximum absolute atomic E-state index is 12.4. The third-order valence-corrected chi connectivity index (χ3v) is 3.36. The SMILES string of the molecule is CC1CCN(c2ccc(C(F)(F)F)nn2)C1CN. The summed E-state index contributed by atoms with van der Waals surface area (Å²) in [7, 11) is 0. The van der Waals surface area contributed by atoms with Crippen molar-refractivity contribution in [2.24, 2.45) is 11.7 Å². The molecule has 7 heteroatoms. The Kier molecular flexibility index (Phi) is 3.43. The molecule has 2 rings (SSSR count). The van der Waals surface area contributed by atoms with E-state index in [2.05, 4.69) is 17.1 Å². The van der Waals surface area contributed by atoms with E-state index < -0.39 is 11.9 Å². The number of aromatic nitrogens is 2. The second-order valence-electron chi connectivity index (χ2n) is 4.54. The lowest BCUT2D eigenvalue weighted by molar-refractivity contribution is -0.141. The number of rotatable bonds is 2. The zero-order chi connectivity index (χ0) is 13.3. The van der Waals surface area contributed by atoms with Crippen molar-refractivity contribution in [2.75, 3.05) is 18.0 Å². The topological polar surface area (TPSA) is 55.0 Å². The van der Waals surface area contributed by atoms with Gasteiger partial charge in [0.15, 0.2) is 11.5 Å². The highest BCUT2D eigenvalue weighted by Gasteiger charge is 2.34. The molecular formula is C11H15F3N4. The first-order chi connectivity index (χ1) is 8.43. The Hall–Kier alpha value is -1.37. The van der Waals surface area contributed by atoms with Gasteiger partial charge in [0.05, 0.1) is 0 Å². The van der Waals surface area contributed by atoms with Crippen LogP contribution in [-0.4, -0.2) is 29.3 Å². The van der Waals surface area contributed by atoms with Gasteiger partial charge in [0.25, 0.3) is 0 Å². The number of nitrogens with zero attached hydrogens (tertiary/aromatic N) is 3. The van der Waals surface area contributed by atoms with Crippen molar-refractivity contribution in [3.05, 3.63) is 17.8 Å². The van der Waals surface area contributed by atoms with Crippen LogP contribution in [0.1, 0.15) is 19.0 Å². The quantitative estimate of drug-likeness (QED) is 0.878. The molecule has 4 nitrogen and oxygen atoms in total. The average Bonchev–Trinajstić information content (AvgIpc) is 2.69. The van der Waals surface area contributed by atoms with E-state index in [0.29, 0.717) is 18.3 Å². The lowest BCUT2D eigenvalue weighted by atomic mass is 10.0. The molecule has 0 amide bonds. The second-order valence-corrected chi connectivity index (χ2v) is 4.54. The fraction of sp³-hybridized carbons (Fsp3) is 0.636. The number of alkyl halides is 3. The van der Waals surface area contributed by atoms with Crippen molar-refractivity contribution in [2.45, 2.75) is 25.6 Å². The average molecular weight is 260 g/mol. The molecule has 0 aromatic carbocycles. The molecule has 0 spiro atoms. The number of halogens is 3. The van der Waals surface area contributed by atoms with Crippen molar-refractivity contribution < 1.29 is 13.2 Å². The van der Waals surface area contributed by atoms with Gasteiger partial charge < -0.3 is 10.6 Å². The van der Waals surface area contributed by atoms with Crippen LogP contribution < -0.4 is 10.6 Å². The summed E-state index contributed by atoms with van der Waals surface area (Å²) in [4.78, 5) is 1.93. The Bertz CT molecular complexity index is 404. The molecule has 0 aliphatic carbocycles. The van der Waals surface area contributed by atoms with E-state index in [1.54, 1.807) is 0 Å². The smallest absolute Gasteiger partial charge is 0.351 e. The molecule has 0 saturated carbocycles. The van der Waals surface area contributed by atoms with Crippen LogP contribution >= 0.6 is 0 Å². The highest BCUT2D eigenvalue weighted by molar-refractivity contribution is 5.41. The van der Waals surface area contributed by atoms with Crippen LogP contribution in [0.2, 0.25) is 0 Å². The summed E-state index contributed by atoms with van der Waals surface area (Å²) in [6.07, 6.45) is -3.48. The summed E-state index contributed by atoms with van der Waals surface area (Å²) >= 11 is 0. The van der Waals surface area contributed by atoms with Crippen LogP contribution in [0.3, 0.4) is 0 Å². The molecule has 1 aromatic heterocycles. The van der Waals surface area contributed by atoms with Gasteiger partial charge in [-0.15, -0.1) is 10.2 Å². The van der Waals surface area contributed by atoms with Gasteiger partial charge in [-0.05, 0) is 24.5 Å². The van der Waals surface area contributed by atoms with Crippen LogP contribution in [0.5, 0.6) is 0 Å². The Labute approximate surface area is 103 Å². The Morgan fingerprint density at radius 3 is 2.61 bits per heavy atom. The molecule has 1 aliphatic rings. The van der Waals surface area contributed by atoms with Crippen molar-refractivity contribution >= 4 is 5.82 Å². The van der Waals surface area contributed by atoms with Gasteiger partial charge in [-0.2, -0.15) is 13.2 Å². The minimum Gasteiger partial charge on any atom is -0.351 e. The first-order valence-corrected chi connectivity index (χ1v) is 5.81. The van der Waals surface area contributed by atoms with Gasteiger partial charge in [-0.3, -0.25) is 0 Å². The van der Waals surface area contributed by atoms with Crippen LogP contribution in [0.15, 0.2) is 12.1 Å². The minimum absolute atomic E-state index is 0.121. The molecule has 1 saturated heterocycles. The summed E-state index contributed by atoms with van der Waals surface area (Å²) in [6.45, 7) is 3.29. The van der Waals surface area contributed by atoms with Crippen molar-refractivity contribution in [3.8, 4) is 0 Å². The lowest BCUT2D eigenvalue weighted by Gasteiger charge is -2.26. The third kappa shape index (κ3) is 2.40. The minimum atomic E-state index is -4.45. The van der Waals surface area contributed by atoms with Gasteiger partial charge in [0, 0.05) is 19.1 Å². The highest BCUT2D eigenvalue weighted by atomic mass is 19.4. The summed E-state index contributed by atoms with van der Waals surface area (Å²) in [5.41, 5.74) is 4.71. The summed E-state index contributed by atoms with van der Waals surface area (Å²) < 4.78 is 37.1. The predicted molar refractivity (Wildman–Crippen MR) is 61.0 cm³/mol. The molecule has 1 fully saturated rings. The molecule has 1 aromatic rings. The molecule has 0 radical (unpaired) electrons. The molecule has 1 aliphatic heterocycles. The number of hydrogen-bond acceptors (Lipinski definition) is 4. The molecule has 2 heterocycles. The summed E-state index contributed by atoms with van der Waals surface area (Å²) in [6, 6.07) is 2.44. The van der Waals surface area contributed by atoms with E-state index in [1.807, 2.05) is 4.90 Å². The van der Waals surface area contributed by atoms with Gasteiger partial charge >= 0.3 is 6.18 Å². The zero-order valence-corrected chi connectivity index (χ0v) is 9.98. The van der Waals surface area contributed by atoms with E-state index in [9.17, 15) is 13.2 Å². The number of hydrogen-bond donors (Lipinski definition) is 1. The maximum atomic E-state index is 12.4. The molecule has 2 unspecified atom stereocenters. The van der Waals surface area contributed by atoms with Gasteiger partial charge in [-0.1, -0.05) is 6.92 Å². The monoisotopic (exact) mass is 260 g/mol. The van der Waals surface area contributed by atoms with E-state index in [1.165, 1.54) is 6.07 Å². The predicted octanol–water partition coefficient (Wildman–Crippen LogP) is 1.67. The first-order valence-electron chi connectivity index (χ1n) is 5.81. The van der Waals surface area contributed by atoms with Crippen LogP contribution in [0.25, 0.3) is 0 Å². The normalized spacial score (nSPS) is 24.6.